The predicted octanol–water partition coefficient (Wildman–Crippen LogP) is 2.79. The molecule has 0 aliphatic heterocycles. The lowest BCUT2D eigenvalue weighted by molar-refractivity contribution is 0.682. The van der Waals surface area contributed by atoms with Gasteiger partial charge in [0.25, 0.3) is 0 Å². The Morgan fingerprint density at radius 2 is 2.00 bits per heavy atom. The Balaban J connectivity index is 1.72. The maximum absolute atomic E-state index is 12.1. The van der Waals surface area contributed by atoms with Crippen LogP contribution in [-0.2, 0) is 23.0 Å². The molecule has 6 heteroatoms. The first-order valence-corrected chi connectivity index (χ1v) is 10.6. The summed E-state index contributed by atoms with van der Waals surface area (Å²) < 4.78 is 12.1. The van der Waals surface area contributed by atoms with Crippen LogP contribution in [-0.4, -0.2) is 35.6 Å². The van der Waals surface area contributed by atoms with E-state index in [-0.39, 0.29) is 0 Å². The highest BCUT2D eigenvalue weighted by Gasteiger charge is 2.02. The molecule has 0 aliphatic rings. The summed E-state index contributed by atoms with van der Waals surface area (Å²) in [6.07, 6.45) is 0.988. The molecule has 0 fully saturated rings. The number of nitrogens with one attached hydrogen (secondary N) is 2. The van der Waals surface area contributed by atoms with E-state index in [1.807, 2.05) is 37.3 Å². The van der Waals surface area contributed by atoms with Gasteiger partial charge >= 0.3 is 0 Å². The fraction of sp³-hybridized carbons (Fsp3) is 0.389. The fourth-order valence-electron chi connectivity index (χ4n) is 2.19. The van der Waals surface area contributed by atoms with Crippen molar-refractivity contribution in [2.24, 2.45) is 4.99 Å². The minimum absolute atomic E-state index is 0.563. The number of hydrogen-bond donors (Lipinski definition) is 2. The van der Waals surface area contributed by atoms with Crippen LogP contribution in [0.1, 0.15) is 17.4 Å². The summed E-state index contributed by atoms with van der Waals surface area (Å²) in [4.78, 5) is 5.88. The molecule has 0 aliphatic carbocycles. The summed E-state index contributed by atoms with van der Waals surface area (Å²) in [7, 11) is -0.882. The van der Waals surface area contributed by atoms with Gasteiger partial charge in [-0.1, -0.05) is 36.4 Å². The first kappa shape index (κ1) is 18.7. The third kappa shape index (κ3) is 7.27. The SMILES string of the molecule is CCNC(=NCCS(=O)Cc1ccccc1)NCCc1cccs1. The van der Waals surface area contributed by atoms with E-state index in [0.717, 1.165) is 31.0 Å². The minimum atomic E-state index is -0.882. The highest BCUT2D eigenvalue weighted by Crippen LogP contribution is 2.08. The van der Waals surface area contributed by atoms with Crippen molar-refractivity contribution in [1.29, 1.82) is 0 Å². The fourth-order valence-corrected chi connectivity index (χ4v) is 3.90. The molecule has 1 unspecified atom stereocenters. The molecule has 0 saturated carbocycles. The third-order valence-corrected chi connectivity index (χ3v) is 5.58. The van der Waals surface area contributed by atoms with Crippen LogP contribution in [0.15, 0.2) is 52.8 Å². The molecule has 0 radical (unpaired) electrons. The number of hydrogen-bond acceptors (Lipinski definition) is 3. The summed E-state index contributed by atoms with van der Waals surface area (Å²) in [6.45, 7) is 4.27. The lowest BCUT2D eigenvalue weighted by Gasteiger charge is -2.10. The molecule has 0 bridgehead atoms. The van der Waals surface area contributed by atoms with Gasteiger partial charge in [-0.05, 0) is 30.4 Å². The van der Waals surface area contributed by atoms with Crippen molar-refractivity contribution in [3.05, 3.63) is 58.3 Å². The van der Waals surface area contributed by atoms with Crippen molar-refractivity contribution in [3.63, 3.8) is 0 Å². The third-order valence-electron chi connectivity index (χ3n) is 3.35. The maximum Gasteiger partial charge on any atom is 0.191 e. The molecule has 130 valence electrons. The molecule has 1 atom stereocenters. The molecule has 1 heterocycles. The van der Waals surface area contributed by atoms with Crippen LogP contribution in [0, 0.1) is 0 Å². The van der Waals surface area contributed by atoms with Crippen molar-refractivity contribution in [2.75, 3.05) is 25.4 Å². The van der Waals surface area contributed by atoms with Gasteiger partial charge in [0, 0.05) is 40.3 Å². The Hall–Kier alpha value is -1.66. The highest BCUT2D eigenvalue weighted by atomic mass is 32.2. The topological polar surface area (TPSA) is 53.5 Å². The molecular weight excluding hydrogens is 338 g/mol. The van der Waals surface area contributed by atoms with Crippen molar-refractivity contribution in [2.45, 2.75) is 19.1 Å². The molecule has 0 amide bonds. The second-order valence-electron chi connectivity index (χ2n) is 5.29. The predicted molar refractivity (Wildman–Crippen MR) is 105 cm³/mol. The highest BCUT2D eigenvalue weighted by molar-refractivity contribution is 7.84. The van der Waals surface area contributed by atoms with E-state index in [1.165, 1.54) is 4.88 Å². The number of nitrogens with zero attached hydrogens (tertiary/aromatic N) is 1. The summed E-state index contributed by atoms with van der Waals surface area (Å²) in [5, 5.41) is 8.65. The zero-order valence-corrected chi connectivity index (χ0v) is 15.7. The lowest BCUT2D eigenvalue weighted by Crippen LogP contribution is -2.38. The molecule has 24 heavy (non-hydrogen) atoms. The number of thiophene rings is 1. The van der Waals surface area contributed by atoms with Crippen molar-refractivity contribution < 1.29 is 4.21 Å². The molecule has 1 aromatic heterocycles. The molecule has 0 saturated heterocycles. The van der Waals surface area contributed by atoms with E-state index in [1.54, 1.807) is 11.3 Å². The van der Waals surface area contributed by atoms with Crippen molar-refractivity contribution in [3.8, 4) is 0 Å². The van der Waals surface area contributed by atoms with Crippen LogP contribution >= 0.6 is 11.3 Å². The molecule has 1 aromatic carbocycles. The Labute approximate surface area is 150 Å². The molecule has 0 spiro atoms. The van der Waals surface area contributed by atoms with E-state index in [0.29, 0.717) is 18.1 Å². The number of rotatable bonds is 9. The van der Waals surface area contributed by atoms with Crippen molar-refractivity contribution >= 4 is 28.1 Å². The molecular formula is C18H25N3OS2. The number of aliphatic imine (C=N–C) groups is 1. The van der Waals surface area contributed by atoms with Gasteiger partial charge in [0.1, 0.15) is 0 Å². The standard InChI is InChI=1S/C18H25N3OS2/c1-2-19-18(20-11-10-17-9-6-13-23-17)21-12-14-24(22)15-16-7-4-3-5-8-16/h3-9,13H,2,10-12,14-15H2,1H3,(H2,19,20,21). The first-order valence-electron chi connectivity index (χ1n) is 8.21. The Bertz CT molecular complexity index is 627. The number of guanidine groups is 1. The summed E-state index contributed by atoms with van der Waals surface area (Å²) >= 11 is 1.77. The summed E-state index contributed by atoms with van der Waals surface area (Å²) in [6, 6.07) is 14.2. The molecule has 4 nitrogen and oxygen atoms in total. The van der Waals surface area contributed by atoms with Crippen LogP contribution in [0.25, 0.3) is 0 Å². The summed E-state index contributed by atoms with van der Waals surface area (Å²) in [5.74, 6) is 1.97. The van der Waals surface area contributed by atoms with Crippen molar-refractivity contribution in [1.82, 2.24) is 10.6 Å². The second-order valence-corrected chi connectivity index (χ2v) is 7.90. The minimum Gasteiger partial charge on any atom is -0.357 e. The van der Waals surface area contributed by atoms with Gasteiger partial charge in [0.2, 0.25) is 0 Å². The summed E-state index contributed by atoms with van der Waals surface area (Å²) in [5.41, 5.74) is 1.11. The van der Waals surface area contributed by atoms with Gasteiger partial charge in [-0.15, -0.1) is 11.3 Å². The van der Waals surface area contributed by atoms with Gasteiger partial charge in [-0.25, -0.2) is 0 Å². The lowest BCUT2D eigenvalue weighted by atomic mass is 10.2. The van der Waals surface area contributed by atoms with E-state index < -0.39 is 10.8 Å². The van der Waals surface area contributed by atoms with Gasteiger partial charge in [-0.3, -0.25) is 9.20 Å². The van der Waals surface area contributed by atoms with E-state index in [9.17, 15) is 4.21 Å². The average molecular weight is 364 g/mol. The average Bonchev–Trinajstić information content (AvgIpc) is 3.09. The van der Waals surface area contributed by atoms with E-state index in [4.69, 9.17) is 0 Å². The maximum atomic E-state index is 12.1. The second kappa shape index (κ2) is 11.0. The van der Waals surface area contributed by atoms with Gasteiger partial charge < -0.3 is 10.6 Å². The monoisotopic (exact) mass is 363 g/mol. The molecule has 2 rings (SSSR count). The number of benzene rings is 1. The quantitative estimate of drug-likeness (QED) is 0.532. The first-order chi connectivity index (χ1) is 11.8. The zero-order chi connectivity index (χ0) is 17.0. The Morgan fingerprint density at radius 3 is 2.71 bits per heavy atom. The van der Waals surface area contributed by atoms with Gasteiger partial charge in [0.15, 0.2) is 5.96 Å². The smallest absolute Gasteiger partial charge is 0.191 e. The molecule has 2 aromatic rings. The van der Waals surface area contributed by atoms with Crippen LogP contribution in [0.4, 0.5) is 0 Å². The zero-order valence-electron chi connectivity index (χ0n) is 14.0. The molecule has 2 N–H and O–H groups in total. The van der Waals surface area contributed by atoms with E-state index >= 15 is 0 Å². The van der Waals surface area contributed by atoms with Crippen LogP contribution < -0.4 is 10.6 Å². The normalized spacial score (nSPS) is 12.8. The van der Waals surface area contributed by atoms with Gasteiger partial charge in [-0.2, -0.15) is 0 Å². The van der Waals surface area contributed by atoms with E-state index in [2.05, 4.69) is 33.1 Å². The Kier molecular flexibility index (Phi) is 8.55. The van der Waals surface area contributed by atoms with Crippen LogP contribution in [0.3, 0.4) is 0 Å². The Morgan fingerprint density at radius 1 is 1.17 bits per heavy atom. The van der Waals surface area contributed by atoms with Crippen LogP contribution in [0.5, 0.6) is 0 Å². The largest absolute Gasteiger partial charge is 0.357 e. The van der Waals surface area contributed by atoms with Gasteiger partial charge in [0.05, 0.1) is 6.54 Å². The van der Waals surface area contributed by atoms with Crippen LogP contribution in [0.2, 0.25) is 0 Å².